The van der Waals surface area contributed by atoms with Crippen LogP contribution in [-0.2, 0) is 13.9 Å². The van der Waals surface area contributed by atoms with E-state index in [0.29, 0.717) is 39.3 Å². The van der Waals surface area contributed by atoms with Crippen LogP contribution >= 0.6 is 0 Å². The Balaban J connectivity index is 2.27. The van der Waals surface area contributed by atoms with Crippen molar-refractivity contribution in [2.45, 2.75) is 63.8 Å². The summed E-state index contributed by atoms with van der Waals surface area (Å²) in [5, 5.41) is 9.52. The van der Waals surface area contributed by atoms with Crippen molar-refractivity contribution in [3.8, 4) is 6.07 Å². The molecule has 0 radical (unpaired) electrons. The van der Waals surface area contributed by atoms with Crippen molar-refractivity contribution < 1.29 is 13.9 Å². The molecule has 0 atom stereocenters. The van der Waals surface area contributed by atoms with E-state index in [-0.39, 0.29) is 5.04 Å². The van der Waals surface area contributed by atoms with E-state index < -0.39 is 13.9 Å². The molecule has 1 saturated heterocycles. The van der Waals surface area contributed by atoms with Gasteiger partial charge in [0.15, 0.2) is 13.9 Å². The van der Waals surface area contributed by atoms with Crippen LogP contribution in [0.2, 0.25) is 18.1 Å². The molecule has 1 heterocycles. The van der Waals surface area contributed by atoms with Gasteiger partial charge >= 0.3 is 0 Å². The van der Waals surface area contributed by atoms with Gasteiger partial charge < -0.3 is 13.9 Å². The Kier molecular flexibility index (Phi) is 6.20. The van der Waals surface area contributed by atoms with E-state index in [2.05, 4.69) is 39.9 Å². The largest absolute Gasteiger partial charge is 0.417 e. The molecule has 5 heteroatoms. The Hall–Kier alpha value is -0.413. The fraction of sp³-hybridized carbons (Fsp3) is 0.933. The maximum absolute atomic E-state index is 9.28. The van der Waals surface area contributed by atoms with Gasteiger partial charge in [0.1, 0.15) is 0 Å². The molecule has 0 saturated carbocycles. The molecule has 1 aliphatic heterocycles. The Morgan fingerprint density at radius 3 is 2.30 bits per heavy atom. The first-order valence-corrected chi connectivity index (χ1v) is 10.4. The summed E-state index contributed by atoms with van der Waals surface area (Å²) in [5.41, 5.74) is -0.630. The molecule has 0 aromatic heterocycles. The van der Waals surface area contributed by atoms with Gasteiger partial charge in [-0.2, -0.15) is 5.26 Å². The maximum Gasteiger partial charge on any atom is 0.191 e. The van der Waals surface area contributed by atoms with Crippen LogP contribution in [0.15, 0.2) is 0 Å². The van der Waals surface area contributed by atoms with Gasteiger partial charge in [-0.15, -0.1) is 0 Å². The minimum atomic E-state index is -1.66. The number of hydrogen-bond donors (Lipinski definition) is 0. The monoisotopic (exact) mass is 299 g/mol. The van der Waals surface area contributed by atoms with E-state index >= 15 is 0 Å². The number of nitrogens with zero attached hydrogens (tertiary/aromatic N) is 1. The number of hydrogen-bond acceptors (Lipinski definition) is 4. The molecule has 4 nitrogen and oxygen atoms in total. The van der Waals surface area contributed by atoms with E-state index in [1.807, 2.05) is 0 Å². The van der Waals surface area contributed by atoms with Crippen molar-refractivity contribution in [1.29, 1.82) is 5.26 Å². The molecule has 116 valence electrons. The average Bonchev–Trinajstić information content (AvgIpc) is 2.38. The lowest BCUT2D eigenvalue weighted by Crippen LogP contribution is -2.41. The van der Waals surface area contributed by atoms with E-state index in [1.165, 1.54) is 0 Å². The number of nitriles is 1. The van der Waals surface area contributed by atoms with Crippen LogP contribution < -0.4 is 0 Å². The zero-order valence-electron chi connectivity index (χ0n) is 13.6. The standard InChI is InChI=1S/C15H29NO3Si/c1-14(2,3)20(4,5)19-10-6-9-18-15(13-16)7-11-17-12-8-15/h6-12H2,1-5H3. The molecule has 1 fully saturated rings. The molecular formula is C15H29NO3Si. The predicted molar refractivity (Wildman–Crippen MR) is 82.1 cm³/mol. The number of ether oxygens (including phenoxy) is 2. The molecule has 1 rings (SSSR count). The van der Waals surface area contributed by atoms with Gasteiger partial charge in [0, 0.05) is 19.4 Å². The summed E-state index contributed by atoms with van der Waals surface area (Å²) >= 11 is 0. The third-order valence-corrected chi connectivity index (χ3v) is 8.98. The SMILES string of the molecule is CC(C)(C)[Si](C)(C)OCCCOC1(C#N)CCOCC1. The van der Waals surface area contributed by atoms with Crippen molar-refractivity contribution >= 4 is 8.32 Å². The van der Waals surface area contributed by atoms with Crippen molar-refractivity contribution in [3.05, 3.63) is 0 Å². The van der Waals surface area contributed by atoms with Crippen LogP contribution in [0.5, 0.6) is 0 Å². The molecule has 0 N–H and O–H groups in total. The molecule has 20 heavy (non-hydrogen) atoms. The Morgan fingerprint density at radius 2 is 1.80 bits per heavy atom. The van der Waals surface area contributed by atoms with Crippen molar-refractivity contribution in [3.63, 3.8) is 0 Å². The number of rotatable bonds is 6. The molecule has 0 bridgehead atoms. The van der Waals surface area contributed by atoms with E-state index in [9.17, 15) is 5.26 Å². The average molecular weight is 299 g/mol. The summed E-state index contributed by atoms with van der Waals surface area (Å²) in [6.45, 7) is 13.8. The highest BCUT2D eigenvalue weighted by atomic mass is 28.4. The third kappa shape index (κ3) is 4.85. The Bertz CT molecular complexity index is 338. The lowest BCUT2D eigenvalue weighted by molar-refractivity contribution is -0.0778. The molecule has 0 aliphatic carbocycles. The van der Waals surface area contributed by atoms with E-state index in [1.54, 1.807) is 0 Å². The fourth-order valence-corrected chi connectivity index (χ4v) is 2.95. The first-order chi connectivity index (χ1) is 9.22. The third-order valence-electron chi connectivity index (χ3n) is 4.44. The molecule has 1 aliphatic rings. The second-order valence-corrected chi connectivity index (χ2v) is 11.8. The molecule has 0 unspecified atom stereocenters. The molecule has 0 aromatic carbocycles. The van der Waals surface area contributed by atoms with Gasteiger partial charge in [0.05, 0.1) is 25.9 Å². The van der Waals surface area contributed by atoms with Crippen LogP contribution in [0.1, 0.15) is 40.0 Å². The summed E-state index contributed by atoms with van der Waals surface area (Å²) < 4.78 is 17.2. The first kappa shape index (κ1) is 17.6. The quantitative estimate of drug-likeness (QED) is 0.556. The first-order valence-electron chi connectivity index (χ1n) is 7.49. The summed E-state index contributed by atoms with van der Waals surface area (Å²) in [6.07, 6.45) is 2.19. The van der Waals surface area contributed by atoms with Gasteiger partial charge in [-0.1, -0.05) is 20.8 Å². The van der Waals surface area contributed by atoms with Crippen LogP contribution in [0.25, 0.3) is 0 Å². The highest BCUT2D eigenvalue weighted by Crippen LogP contribution is 2.36. The lowest BCUT2D eigenvalue weighted by Gasteiger charge is -2.36. The molecule has 0 amide bonds. The van der Waals surface area contributed by atoms with Crippen molar-refractivity contribution in [1.82, 2.24) is 0 Å². The van der Waals surface area contributed by atoms with E-state index in [0.717, 1.165) is 6.42 Å². The Labute approximate surface area is 124 Å². The zero-order valence-corrected chi connectivity index (χ0v) is 14.6. The zero-order chi connectivity index (χ0) is 15.3. The Morgan fingerprint density at radius 1 is 1.20 bits per heavy atom. The van der Waals surface area contributed by atoms with Gasteiger partial charge in [-0.3, -0.25) is 0 Å². The second-order valence-electron chi connectivity index (χ2n) is 7.03. The molecule has 0 spiro atoms. The van der Waals surface area contributed by atoms with Crippen LogP contribution in [0, 0.1) is 11.3 Å². The van der Waals surface area contributed by atoms with Crippen LogP contribution in [0.4, 0.5) is 0 Å². The van der Waals surface area contributed by atoms with Crippen molar-refractivity contribution in [2.75, 3.05) is 26.4 Å². The second kappa shape index (κ2) is 7.03. The predicted octanol–water partition coefficient (Wildman–Crippen LogP) is 3.49. The summed E-state index contributed by atoms with van der Waals surface area (Å²) in [5.74, 6) is 0. The fourth-order valence-electron chi connectivity index (χ4n) is 1.86. The van der Waals surface area contributed by atoms with Gasteiger partial charge in [-0.25, -0.2) is 0 Å². The molecule has 0 aromatic rings. The minimum Gasteiger partial charge on any atom is -0.417 e. The van der Waals surface area contributed by atoms with Crippen LogP contribution in [-0.4, -0.2) is 40.3 Å². The maximum atomic E-state index is 9.28. The highest BCUT2D eigenvalue weighted by molar-refractivity contribution is 6.74. The topological polar surface area (TPSA) is 51.5 Å². The van der Waals surface area contributed by atoms with Gasteiger partial charge in [-0.05, 0) is 24.6 Å². The minimum absolute atomic E-state index is 0.239. The summed E-state index contributed by atoms with van der Waals surface area (Å²) in [6, 6.07) is 2.31. The normalized spacial score (nSPS) is 19.6. The van der Waals surface area contributed by atoms with Gasteiger partial charge in [0.25, 0.3) is 0 Å². The summed E-state index contributed by atoms with van der Waals surface area (Å²) in [7, 11) is -1.66. The van der Waals surface area contributed by atoms with E-state index in [4.69, 9.17) is 13.9 Å². The van der Waals surface area contributed by atoms with Crippen molar-refractivity contribution in [2.24, 2.45) is 0 Å². The van der Waals surface area contributed by atoms with Gasteiger partial charge in [0.2, 0.25) is 0 Å². The lowest BCUT2D eigenvalue weighted by atomic mass is 9.96. The molecular weight excluding hydrogens is 270 g/mol. The smallest absolute Gasteiger partial charge is 0.191 e. The van der Waals surface area contributed by atoms with Crippen LogP contribution in [0.3, 0.4) is 0 Å². The summed E-state index contributed by atoms with van der Waals surface area (Å²) in [4.78, 5) is 0. The highest BCUT2D eigenvalue weighted by Gasteiger charge is 2.37.